The summed E-state index contributed by atoms with van der Waals surface area (Å²) < 4.78 is 16.7. The minimum Gasteiger partial charge on any atom is -0.465 e. The molecule has 0 radical (unpaired) electrons. The van der Waals surface area contributed by atoms with Gasteiger partial charge in [-0.15, -0.1) is 0 Å². The maximum atomic E-state index is 12.2. The van der Waals surface area contributed by atoms with Crippen molar-refractivity contribution in [3.05, 3.63) is 54.4 Å². The highest BCUT2D eigenvalue weighted by molar-refractivity contribution is 7.85. The van der Waals surface area contributed by atoms with Crippen LogP contribution in [0.5, 0.6) is 0 Å². The first-order chi connectivity index (χ1) is 8.72. The van der Waals surface area contributed by atoms with Crippen LogP contribution < -0.4 is 0 Å². The van der Waals surface area contributed by atoms with Crippen molar-refractivity contribution in [1.82, 2.24) is 4.98 Å². The molecule has 1 aromatic heterocycles. The maximum Gasteiger partial charge on any atom is 0.337 e. The largest absolute Gasteiger partial charge is 0.465 e. The number of hydrogen-bond acceptors (Lipinski definition) is 4. The minimum atomic E-state index is -1.28. The van der Waals surface area contributed by atoms with Crippen LogP contribution in [0.25, 0.3) is 0 Å². The van der Waals surface area contributed by atoms with Gasteiger partial charge in [-0.2, -0.15) is 0 Å². The number of hydrogen-bond donors (Lipinski definition) is 0. The number of ether oxygens (including phenoxy) is 1. The third-order valence-corrected chi connectivity index (χ3v) is 3.71. The number of carbonyl (C=O) groups is 1. The van der Waals surface area contributed by atoms with Crippen molar-refractivity contribution in [1.29, 1.82) is 0 Å². The van der Waals surface area contributed by atoms with Gasteiger partial charge in [0.05, 0.1) is 28.4 Å². The van der Waals surface area contributed by atoms with Crippen molar-refractivity contribution in [3.63, 3.8) is 0 Å². The highest BCUT2D eigenvalue weighted by Crippen LogP contribution is 2.16. The lowest BCUT2D eigenvalue weighted by Crippen LogP contribution is -2.01. The van der Waals surface area contributed by atoms with E-state index in [0.29, 0.717) is 15.4 Å². The maximum absolute atomic E-state index is 12.2. The predicted octanol–water partition coefficient (Wildman–Crippen LogP) is 2.03. The molecule has 92 valence electrons. The van der Waals surface area contributed by atoms with E-state index < -0.39 is 16.8 Å². The topological polar surface area (TPSA) is 56.3 Å². The fraction of sp³-hybridized carbons (Fsp3) is 0.0769. The van der Waals surface area contributed by atoms with Gasteiger partial charge >= 0.3 is 5.97 Å². The second-order valence-electron chi connectivity index (χ2n) is 3.47. The Morgan fingerprint density at radius 2 is 1.89 bits per heavy atom. The van der Waals surface area contributed by atoms with Gasteiger partial charge in [0.25, 0.3) is 0 Å². The summed E-state index contributed by atoms with van der Waals surface area (Å²) in [5.41, 5.74) is 0.435. The van der Waals surface area contributed by atoms with Crippen LogP contribution in [-0.2, 0) is 15.5 Å². The monoisotopic (exact) mass is 261 g/mol. The van der Waals surface area contributed by atoms with Crippen LogP contribution >= 0.6 is 0 Å². The van der Waals surface area contributed by atoms with E-state index in [-0.39, 0.29) is 0 Å². The molecule has 2 rings (SSSR count). The Kier molecular flexibility index (Phi) is 3.84. The summed E-state index contributed by atoms with van der Waals surface area (Å²) >= 11 is 0. The SMILES string of the molecule is COC(=O)c1ccc(S(=O)c2cccnc2)cc1. The Morgan fingerprint density at radius 3 is 2.44 bits per heavy atom. The molecule has 0 spiro atoms. The first-order valence-corrected chi connectivity index (χ1v) is 6.37. The van der Waals surface area contributed by atoms with Gasteiger partial charge in [-0.3, -0.25) is 4.98 Å². The van der Waals surface area contributed by atoms with Crippen LogP contribution in [0.4, 0.5) is 0 Å². The average molecular weight is 261 g/mol. The van der Waals surface area contributed by atoms with E-state index in [4.69, 9.17) is 0 Å². The molecule has 0 fully saturated rings. The van der Waals surface area contributed by atoms with Gasteiger partial charge in [-0.1, -0.05) is 0 Å². The van der Waals surface area contributed by atoms with E-state index >= 15 is 0 Å². The van der Waals surface area contributed by atoms with Crippen LogP contribution in [-0.4, -0.2) is 22.3 Å². The summed E-state index contributed by atoms with van der Waals surface area (Å²) in [5.74, 6) is -0.409. The van der Waals surface area contributed by atoms with Crippen molar-refractivity contribution in [3.8, 4) is 0 Å². The van der Waals surface area contributed by atoms with Crippen LogP contribution in [0.2, 0.25) is 0 Å². The molecule has 18 heavy (non-hydrogen) atoms. The quantitative estimate of drug-likeness (QED) is 0.793. The summed E-state index contributed by atoms with van der Waals surface area (Å²) in [6.07, 6.45) is 3.19. The summed E-state index contributed by atoms with van der Waals surface area (Å²) in [4.78, 5) is 16.4. The number of benzene rings is 1. The van der Waals surface area contributed by atoms with Crippen molar-refractivity contribution >= 4 is 16.8 Å². The van der Waals surface area contributed by atoms with Crippen molar-refractivity contribution in [2.24, 2.45) is 0 Å². The lowest BCUT2D eigenvalue weighted by Gasteiger charge is -2.03. The third-order valence-electron chi connectivity index (χ3n) is 2.34. The normalized spacial score (nSPS) is 11.8. The number of methoxy groups -OCH3 is 1. The Bertz CT molecular complexity index is 567. The van der Waals surface area contributed by atoms with E-state index in [2.05, 4.69) is 9.72 Å². The van der Waals surface area contributed by atoms with Crippen LogP contribution in [0.3, 0.4) is 0 Å². The van der Waals surface area contributed by atoms with Crippen molar-refractivity contribution in [2.45, 2.75) is 9.79 Å². The average Bonchev–Trinajstić information content (AvgIpc) is 2.47. The molecule has 0 bridgehead atoms. The molecule has 1 atom stereocenters. The molecule has 1 aromatic carbocycles. The number of nitrogens with zero attached hydrogens (tertiary/aromatic N) is 1. The van der Waals surface area contributed by atoms with E-state index in [1.54, 1.807) is 48.8 Å². The lowest BCUT2D eigenvalue weighted by atomic mass is 10.2. The summed E-state index contributed by atoms with van der Waals surface area (Å²) in [7, 11) is 0.0386. The zero-order chi connectivity index (χ0) is 13.0. The van der Waals surface area contributed by atoms with Gasteiger partial charge in [-0.25, -0.2) is 9.00 Å². The molecule has 2 aromatic rings. The standard InChI is InChI=1S/C13H11NO3S/c1-17-13(15)10-4-6-11(7-5-10)18(16)12-3-2-8-14-9-12/h2-9H,1H3. The molecule has 0 saturated heterocycles. The Balaban J connectivity index is 2.25. The van der Waals surface area contributed by atoms with Crippen molar-refractivity contribution < 1.29 is 13.7 Å². The molecule has 4 nitrogen and oxygen atoms in total. The Labute approximate surface area is 107 Å². The van der Waals surface area contributed by atoms with E-state index in [1.165, 1.54) is 7.11 Å². The second-order valence-corrected chi connectivity index (χ2v) is 4.95. The fourth-order valence-corrected chi connectivity index (χ4v) is 2.44. The smallest absolute Gasteiger partial charge is 0.337 e. The number of carbonyl (C=O) groups excluding carboxylic acids is 1. The molecular weight excluding hydrogens is 250 g/mol. The Morgan fingerprint density at radius 1 is 1.17 bits per heavy atom. The van der Waals surface area contributed by atoms with Gasteiger partial charge in [0.15, 0.2) is 0 Å². The van der Waals surface area contributed by atoms with Gasteiger partial charge in [0.2, 0.25) is 0 Å². The zero-order valence-corrected chi connectivity index (χ0v) is 10.5. The molecule has 1 unspecified atom stereocenters. The fourth-order valence-electron chi connectivity index (χ4n) is 1.43. The zero-order valence-electron chi connectivity index (χ0n) is 9.70. The second kappa shape index (κ2) is 5.55. The first-order valence-electron chi connectivity index (χ1n) is 5.22. The number of pyridine rings is 1. The predicted molar refractivity (Wildman–Crippen MR) is 66.7 cm³/mol. The third kappa shape index (κ3) is 2.62. The lowest BCUT2D eigenvalue weighted by molar-refractivity contribution is 0.0600. The molecule has 1 heterocycles. The minimum absolute atomic E-state index is 0.409. The van der Waals surface area contributed by atoms with Gasteiger partial charge in [0.1, 0.15) is 0 Å². The van der Waals surface area contributed by atoms with Crippen LogP contribution in [0.1, 0.15) is 10.4 Å². The van der Waals surface area contributed by atoms with Gasteiger partial charge in [-0.05, 0) is 36.4 Å². The molecule has 0 aliphatic heterocycles. The molecule has 5 heteroatoms. The number of aromatic nitrogens is 1. The van der Waals surface area contributed by atoms with E-state index in [9.17, 15) is 9.00 Å². The molecular formula is C13H11NO3S. The highest BCUT2D eigenvalue weighted by Gasteiger charge is 2.09. The summed E-state index contributed by atoms with van der Waals surface area (Å²) in [6, 6.07) is 9.96. The van der Waals surface area contributed by atoms with E-state index in [1.807, 2.05) is 0 Å². The molecule has 0 amide bonds. The van der Waals surface area contributed by atoms with Gasteiger partial charge in [0, 0.05) is 17.3 Å². The van der Waals surface area contributed by atoms with Crippen molar-refractivity contribution in [2.75, 3.05) is 7.11 Å². The number of rotatable bonds is 3. The molecule has 0 aliphatic carbocycles. The molecule has 0 N–H and O–H groups in total. The highest BCUT2D eigenvalue weighted by atomic mass is 32.2. The van der Waals surface area contributed by atoms with Crippen LogP contribution in [0.15, 0.2) is 58.6 Å². The Hall–Kier alpha value is -2.01. The van der Waals surface area contributed by atoms with E-state index in [0.717, 1.165) is 0 Å². The summed E-state index contributed by atoms with van der Waals surface area (Å²) in [6.45, 7) is 0. The number of esters is 1. The first kappa shape index (κ1) is 12.4. The molecule has 0 saturated carbocycles. The summed E-state index contributed by atoms with van der Waals surface area (Å²) in [5, 5.41) is 0. The van der Waals surface area contributed by atoms with Gasteiger partial charge < -0.3 is 4.74 Å². The van der Waals surface area contributed by atoms with Crippen LogP contribution in [0, 0.1) is 0 Å². The molecule has 0 aliphatic rings.